The smallest absolute Gasteiger partial charge is 0.0909 e. The van der Waals surface area contributed by atoms with Crippen molar-refractivity contribution >= 4 is 27.4 Å². The van der Waals surface area contributed by atoms with Crippen molar-refractivity contribution in [1.29, 1.82) is 0 Å². The maximum absolute atomic E-state index is 13.9. The molecule has 0 radical (unpaired) electrons. The minimum atomic E-state index is -2.52. The summed E-state index contributed by atoms with van der Waals surface area (Å²) in [6.07, 6.45) is 2.72. The zero-order valence-electron chi connectivity index (χ0n) is 18.0. The summed E-state index contributed by atoms with van der Waals surface area (Å²) in [4.78, 5) is 7.41. The highest BCUT2D eigenvalue weighted by molar-refractivity contribution is 7.93. The van der Waals surface area contributed by atoms with E-state index in [1.807, 2.05) is 74.6 Å². The van der Waals surface area contributed by atoms with Crippen LogP contribution in [0.15, 0.2) is 56.7 Å². The molecule has 0 aliphatic carbocycles. The molecule has 2 aromatic rings. The second-order valence-electron chi connectivity index (χ2n) is 7.67. The number of hydrogen-bond acceptors (Lipinski definition) is 3. The van der Waals surface area contributed by atoms with Gasteiger partial charge in [-0.1, -0.05) is 32.0 Å². The van der Waals surface area contributed by atoms with Crippen molar-refractivity contribution in [2.24, 2.45) is 15.3 Å². The number of benzene rings is 2. The van der Waals surface area contributed by atoms with Gasteiger partial charge in [-0.2, -0.15) is 4.36 Å². The van der Waals surface area contributed by atoms with E-state index in [1.165, 1.54) is 0 Å². The molecular weight excluding hydrogens is 366 g/mol. The Morgan fingerprint density at radius 2 is 1.68 bits per heavy atom. The highest BCUT2D eigenvalue weighted by Crippen LogP contribution is 2.31. The van der Waals surface area contributed by atoms with Crippen molar-refractivity contribution < 1.29 is 4.21 Å². The van der Waals surface area contributed by atoms with Gasteiger partial charge in [0, 0.05) is 24.2 Å². The van der Waals surface area contributed by atoms with Crippen LogP contribution in [0.5, 0.6) is 0 Å². The predicted molar refractivity (Wildman–Crippen MR) is 122 cm³/mol. The zero-order chi connectivity index (χ0) is 20.7. The standard InChI is InChI=1S/C23H33N3OS/c1-7-26(6)17-24-22-15-20(5)23(16-19(22)4)25-28(27,14-13-18(2)3)21-11-9-8-10-12-21/h8-12,15-18H,7,13-14H2,1-6H3. The molecule has 0 aliphatic rings. The molecule has 4 nitrogen and oxygen atoms in total. The minimum absolute atomic E-state index is 0.481. The molecule has 0 saturated heterocycles. The number of rotatable bonds is 8. The van der Waals surface area contributed by atoms with Crippen LogP contribution in [-0.4, -0.2) is 34.8 Å². The second-order valence-corrected chi connectivity index (χ2v) is 10.0. The van der Waals surface area contributed by atoms with Crippen LogP contribution < -0.4 is 0 Å². The van der Waals surface area contributed by atoms with E-state index in [0.717, 1.165) is 40.4 Å². The van der Waals surface area contributed by atoms with Crippen molar-refractivity contribution in [3.63, 3.8) is 0 Å². The Morgan fingerprint density at radius 3 is 2.29 bits per heavy atom. The maximum atomic E-state index is 13.9. The van der Waals surface area contributed by atoms with Gasteiger partial charge in [0.15, 0.2) is 0 Å². The van der Waals surface area contributed by atoms with E-state index in [-0.39, 0.29) is 0 Å². The molecule has 1 unspecified atom stereocenters. The van der Waals surface area contributed by atoms with Gasteiger partial charge in [-0.15, -0.1) is 0 Å². The largest absolute Gasteiger partial charge is 0.366 e. The first-order valence-corrected chi connectivity index (χ1v) is 11.6. The molecule has 2 aromatic carbocycles. The van der Waals surface area contributed by atoms with E-state index >= 15 is 0 Å². The van der Waals surface area contributed by atoms with Crippen molar-refractivity contribution in [3.8, 4) is 0 Å². The highest BCUT2D eigenvalue weighted by atomic mass is 32.2. The lowest BCUT2D eigenvalue weighted by Crippen LogP contribution is -2.14. The summed E-state index contributed by atoms with van der Waals surface area (Å²) in [7, 11) is -0.520. The van der Waals surface area contributed by atoms with E-state index < -0.39 is 9.73 Å². The fourth-order valence-corrected chi connectivity index (χ4v) is 4.99. The molecule has 5 heteroatoms. The van der Waals surface area contributed by atoms with E-state index in [2.05, 4.69) is 25.8 Å². The normalized spacial score (nSPS) is 13.7. The van der Waals surface area contributed by atoms with Crippen LogP contribution in [0, 0.1) is 19.8 Å². The van der Waals surface area contributed by atoms with Crippen LogP contribution in [0.25, 0.3) is 0 Å². The van der Waals surface area contributed by atoms with Crippen LogP contribution in [0.4, 0.5) is 11.4 Å². The third-order valence-corrected chi connectivity index (χ3v) is 7.03. The number of hydrogen-bond donors (Lipinski definition) is 0. The van der Waals surface area contributed by atoms with Crippen LogP contribution >= 0.6 is 0 Å². The molecule has 0 aliphatic heterocycles. The van der Waals surface area contributed by atoms with Gasteiger partial charge < -0.3 is 4.90 Å². The van der Waals surface area contributed by atoms with Gasteiger partial charge in [-0.05, 0) is 68.5 Å². The molecule has 0 amide bonds. The zero-order valence-corrected chi connectivity index (χ0v) is 18.8. The van der Waals surface area contributed by atoms with Crippen LogP contribution in [0.2, 0.25) is 0 Å². The van der Waals surface area contributed by atoms with Gasteiger partial charge >= 0.3 is 0 Å². The SMILES string of the molecule is CCN(C)C=Nc1cc(C)c(N=S(=O)(CCC(C)C)c2ccccc2)cc1C. The molecule has 2 rings (SSSR count). The molecule has 1 atom stereocenters. The monoisotopic (exact) mass is 399 g/mol. The highest BCUT2D eigenvalue weighted by Gasteiger charge is 2.15. The Morgan fingerprint density at radius 1 is 1.07 bits per heavy atom. The fourth-order valence-electron chi connectivity index (χ4n) is 2.67. The van der Waals surface area contributed by atoms with Crippen LogP contribution in [0.3, 0.4) is 0 Å². The van der Waals surface area contributed by atoms with Crippen molar-refractivity contribution in [1.82, 2.24) is 4.90 Å². The third kappa shape index (κ3) is 5.93. The lowest BCUT2D eigenvalue weighted by atomic mass is 10.1. The molecule has 28 heavy (non-hydrogen) atoms. The quantitative estimate of drug-likeness (QED) is 0.396. The second kappa shape index (κ2) is 9.87. The molecule has 152 valence electrons. The summed E-state index contributed by atoms with van der Waals surface area (Å²) in [5.74, 6) is 1.05. The summed E-state index contributed by atoms with van der Waals surface area (Å²) in [6, 6.07) is 13.7. The topological polar surface area (TPSA) is 45.0 Å². The van der Waals surface area contributed by atoms with Crippen LogP contribution in [-0.2, 0) is 9.73 Å². The van der Waals surface area contributed by atoms with Gasteiger partial charge in [-0.25, -0.2) is 9.20 Å². The van der Waals surface area contributed by atoms with Crippen molar-refractivity contribution in [3.05, 3.63) is 53.6 Å². The van der Waals surface area contributed by atoms with E-state index in [9.17, 15) is 4.21 Å². The number of aliphatic imine (C=N–C) groups is 1. The Labute approximate surface area is 170 Å². The first kappa shape index (κ1) is 22.2. The average Bonchev–Trinajstić information content (AvgIpc) is 2.68. The molecule has 0 fully saturated rings. The number of aryl methyl sites for hydroxylation is 2. The van der Waals surface area contributed by atoms with Gasteiger partial charge in [0.05, 0.1) is 27.4 Å². The summed E-state index contributed by atoms with van der Waals surface area (Å²) < 4.78 is 18.7. The van der Waals surface area contributed by atoms with E-state index in [0.29, 0.717) is 11.7 Å². The van der Waals surface area contributed by atoms with Crippen molar-refractivity contribution in [2.45, 2.75) is 45.9 Å². The molecular formula is C23H33N3OS. The Hall–Kier alpha value is -2.14. The first-order valence-electron chi connectivity index (χ1n) is 9.90. The maximum Gasteiger partial charge on any atom is 0.0909 e. The lowest BCUT2D eigenvalue weighted by Gasteiger charge is -2.14. The third-order valence-electron chi connectivity index (χ3n) is 4.74. The summed E-state index contributed by atoms with van der Waals surface area (Å²) in [5, 5.41) is 0. The summed E-state index contributed by atoms with van der Waals surface area (Å²) in [6.45, 7) is 11.3. The molecule has 0 heterocycles. The number of nitrogens with zero attached hydrogens (tertiary/aromatic N) is 3. The Bertz CT molecular complexity index is 926. The lowest BCUT2D eigenvalue weighted by molar-refractivity contribution is 0.552. The Kier molecular flexibility index (Phi) is 7.81. The molecule has 0 bridgehead atoms. The fraction of sp³-hybridized carbons (Fsp3) is 0.435. The van der Waals surface area contributed by atoms with E-state index in [4.69, 9.17) is 4.36 Å². The summed E-state index contributed by atoms with van der Waals surface area (Å²) in [5.41, 5.74) is 3.73. The Balaban J connectivity index is 2.50. The first-order chi connectivity index (χ1) is 13.2. The predicted octanol–water partition coefficient (Wildman–Crippen LogP) is 6.12. The average molecular weight is 400 g/mol. The molecule has 0 N–H and O–H groups in total. The van der Waals surface area contributed by atoms with Gasteiger partial charge in [0.25, 0.3) is 0 Å². The summed E-state index contributed by atoms with van der Waals surface area (Å²) >= 11 is 0. The molecule has 0 saturated carbocycles. The molecule has 0 spiro atoms. The van der Waals surface area contributed by atoms with E-state index in [1.54, 1.807) is 0 Å². The van der Waals surface area contributed by atoms with Crippen LogP contribution in [0.1, 0.15) is 38.3 Å². The van der Waals surface area contributed by atoms with Crippen molar-refractivity contribution in [2.75, 3.05) is 19.3 Å². The van der Waals surface area contributed by atoms with Gasteiger partial charge in [-0.3, -0.25) is 0 Å². The minimum Gasteiger partial charge on any atom is -0.366 e. The molecule has 0 aromatic heterocycles. The van der Waals surface area contributed by atoms with Gasteiger partial charge in [0.1, 0.15) is 0 Å². The van der Waals surface area contributed by atoms with Gasteiger partial charge in [0.2, 0.25) is 0 Å².